The van der Waals surface area contributed by atoms with Gasteiger partial charge in [0.15, 0.2) is 0 Å². The van der Waals surface area contributed by atoms with Crippen LogP contribution in [0.4, 0.5) is 4.79 Å². The number of hydrogen-bond acceptors (Lipinski definition) is 4. The van der Waals surface area contributed by atoms with Crippen molar-refractivity contribution in [2.45, 2.75) is 25.7 Å². The van der Waals surface area contributed by atoms with Crippen molar-refractivity contribution in [1.82, 2.24) is 10.2 Å². The van der Waals surface area contributed by atoms with Crippen LogP contribution in [0.5, 0.6) is 0 Å². The first-order chi connectivity index (χ1) is 8.11. The number of nitrogens with zero attached hydrogens (tertiary/aromatic N) is 1. The van der Waals surface area contributed by atoms with Gasteiger partial charge in [-0.25, -0.2) is 4.79 Å². The molecule has 6 nitrogen and oxygen atoms in total. The molecule has 0 spiro atoms. The molecule has 1 saturated heterocycles. The summed E-state index contributed by atoms with van der Waals surface area (Å²) < 4.78 is 0. The number of aliphatic hydroxyl groups is 1. The zero-order chi connectivity index (χ0) is 12.7. The highest BCUT2D eigenvalue weighted by Crippen LogP contribution is 2.19. The number of nitrogens with two attached hydrogens (primary N) is 1. The van der Waals surface area contributed by atoms with E-state index < -0.39 is 6.03 Å². The summed E-state index contributed by atoms with van der Waals surface area (Å²) in [4.78, 5) is 23.9. The van der Waals surface area contributed by atoms with Crippen LogP contribution in [0.1, 0.15) is 25.7 Å². The smallest absolute Gasteiger partial charge is 0.318 e. The SMILES string of the molecule is NC(=O)NC(=O)CCN1CCCC(CCO)C1. The second-order valence-corrected chi connectivity index (χ2v) is 4.48. The van der Waals surface area contributed by atoms with Crippen molar-refractivity contribution >= 4 is 11.9 Å². The van der Waals surface area contributed by atoms with Crippen LogP contribution >= 0.6 is 0 Å². The van der Waals surface area contributed by atoms with Crippen LogP contribution in [0.15, 0.2) is 0 Å². The Morgan fingerprint density at radius 3 is 2.88 bits per heavy atom. The molecule has 4 N–H and O–H groups in total. The van der Waals surface area contributed by atoms with Gasteiger partial charge in [-0.1, -0.05) is 0 Å². The first kappa shape index (κ1) is 13.9. The zero-order valence-corrected chi connectivity index (χ0v) is 10.0. The molecular weight excluding hydrogens is 222 g/mol. The Hall–Kier alpha value is -1.14. The number of hydrogen-bond donors (Lipinski definition) is 3. The van der Waals surface area contributed by atoms with E-state index >= 15 is 0 Å². The Balaban J connectivity index is 2.22. The van der Waals surface area contributed by atoms with Gasteiger partial charge < -0.3 is 15.7 Å². The van der Waals surface area contributed by atoms with Crippen molar-refractivity contribution in [3.8, 4) is 0 Å². The molecule has 1 fully saturated rings. The fourth-order valence-electron chi connectivity index (χ4n) is 2.23. The van der Waals surface area contributed by atoms with Crippen molar-refractivity contribution < 1.29 is 14.7 Å². The van der Waals surface area contributed by atoms with Gasteiger partial charge in [-0.2, -0.15) is 0 Å². The molecule has 0 saturated carbocycles. The van der Waals surface area contributed by atoms with Gasteiger partial charge in [0.1, 0.15) is 0 Å². The number of imide groups is 1. The number of urea groups is 1. The monoisotopic (exact) mass is 243 g/mol. The minimum absolute atomic E-state index is 0.223. The standard InChI is InChI=1S/C11H21N3O3/c12-11(17)13-10(16)3-6-14-5-1-2-9(8-14)4-7-15/h9,15H,1-8H2,(H3,12,13,16,17). The average molecular weight is 243 g/mol. The first-order valence-corrected chi connectivity index (χ1v) is 6.04. The topological polar surface area (TPSA) is 95.7 Å². The maximum Gasteiger partial charge on any atom is 0.318 e. The second kappa shape index (κ2) is 7.24. The van der Waals surface area contributed by atoms with Crippen LogP contribution in [-0.2, 0) is 4.79 Å². The van der Waals surface area contributed by atoms with Crippen LogP contribution in [0.2, 0.25) is 0 Å². The van der Waals surface area contributed by atoms with E-state index in [9.17, 15) is 9.59 Å². The predicted octanol–water partition coefficient (Wildman–Crippen LogP) is -0.334. The molecule has 1 aliphatic heterocycles. The Morgan fingerprint density at radius 1 is 1.47 bits per heavy atom. The molecule has 3 amide bonds. The fourth-order valence-corrected chi connectivity index (χ4v) is 2.23. The summed E-state index contributed by atoms with van der Waals surface area (Å²) in [6.45, 7) is 2.76. The summed E-state index contributed by atoms with van der Waals surface area (Å²) in [5, 5.41) is 10.9. The molecule has 0 aromatic heterocycles. The maximum absolute atomic E-state index is 11.2. The molecule has 1 aliphatic rings. The maximum atomic E-state index is 11.2. The van der Waals surface area contributed by atoms with Crippen molar-refractivity contribution in [2.75, 3.05) is 26.2 Å². The van der Waals surface area contributed by atoms with Gasteiger partial charge >= 0.3 is 6.03 Å². The van der Waals surface area contributed by atoms with Gasteiger partial charge in [0.05, 0.1) is 0 Å². The number of primary amides is 1. The Morgan fingerprint density at radius 2 is 2.24 bits per heavy atom. The van der Waals surface area contributed by atoms with Gasteiger partial charge in [-0.05, 0) is 31.7 Å². The second-order valence-electron chi connectivity index (χ2n) is 4.48. The predicted molar refractivity (Wildman–Crippen MR) is 63.2 cm³/mol. The zero-order valence-electron chi connectivity index (χ0n) is 10.0. The van der Waals surface area contributed by atoms with E-state index in [0.717, 1.165) is 32.4 Å². The number of amides is 3. The molecule has 0 aromatic carbocycles. The molecule has 1 rings (SSSR count). The number of carbonyl (C=O) groups excluding carboxylic acids is 2. The summed E-state index contributed by atoms with van der Waals surface area (Å²) in [5.74, 6) is 0.190. The third-order valence-corrected chi connectivity index (χ3v) is 3.06. The van der Waals surface area contributed by atoms with Crippen LogP contribution in [0.25, 0.3) is 0 Å². The van der Waals surface area contributed by atoms with Gasteiger partial charge in [-0.3, -0.25) is 10.1 Å². The van der Waals surface area contributed by atoms with E-state index in [1.165, 1.54) is 0 Å². The Labute approximate surface area is 101 Å². The summed E-state index contributed by atoms with van der Waals surface area (Å²) in [5.41, 5.74) is 4.85. The summed E-state index contributed by atoms with van der Waals surface area (Å²) in [6, 6.07) is -0.799. The third kappa shape index (κ3) is 5.65. The molecular formula is C11H21N3O3. The number of nitrogens with one attached hydrogen (secondary N) is 1. The Kier molecular flexibility index (Phi) is 5.93. The summed E-state index contributed by atoms with van der Waals surface area (Å²) in [7, 11) is 0. The van der Waals surface area contributed by atoms with Crippen molar-refractivity contribution in [3.63, 3.8) is 0 Å². The number of likely N-dealkylation sites (tertiary alicyclic amines) is 1. The normalized spacial score (nSPS) is 21.1. The molecule has 0 aliphatic carbocycles. The minimum Gasteiger partial charge on any atom is -0.396 e. The van der Waals surface area contributed by atoms with E-state index in [0.29, 0.717) is 12.5 Å². The quantitative estimate of drug-likeness (QED) is 0.616. The Bertz CT molecular complexity index is 269. The van der Waals surface area contributed by atoms with Gasteiger partial charge in [0.25, 0.3) is 0 Å². The molecule has 1 atom stereocenters. The molecule has 6 heteroatoms. The molecule has 1 heterocycles. The molecule has 0 aromatic rings. The van der Waals surface area contributed by atoms with Crippen molar-refractivity contribution in [2.24, 2.45) is 11.7 Å². The number of piperidine rings is 1. The molecule has 1 unspecified atom stereocenters. The van der Waals surface area contributed by atoms with Crippen molar-refractivity contribution in [3.05, 3.63) is 0 Å². The van der Waals surface area contributed by atoms with Crippen LogP contribution in [0.3, 0.4) is 0 Å². The third-order valence-electron chi connectivity index (χ3n) is 3.06. The summed E-state index contributed by atoms with van der Waals surface area (Å²) >= 11 is 0. The number of rotatable bonds is 5. The highest BCUT2D eigenvalue weighted by Gasteiger charge is 2.19. The van der Waals surface area contributed by atoms with Gasteiger partial charge in [0, 0.05) is 26.1 Å². The number of aliphatic hydroxyl groups excluding tert-OH is 1. The lowest BCUT2D eigenvalue weighted by molar-refractivity contribution is -0.120. The lowest BCUT2D eigenvalue weighted by atomic mass is 9.95. The van der Waals surface area contributed by atoms with Crippen molar-refractivity contribution in [1.29, 1.82) is 0 Å². The van der Waals surface area contributed by atoms with E-state index in [4.69, 9.17) is 10.8 Å². The highest BCUT2D eigenvalue weighted by atomic mass is 16.3. The van der Waals surface area contributed by atoms with Crippen LogP contribution in [-0.4, -0.2) is 48.2 Å². The van der Waals surface area contributed by atoms with Gasteiger partial charge in [0.2, 0.25) is 5.91 Å². The number of carbonyl (C=O) groups is 2. The molecule has 0 radical (unpaired) electrons. The van der Waals surface area contributed by atoms with E-state index in [2.05, 4.69) is 10.2 Å². The highest BCUT2D eigenvalue weighted by molar-refractivity contribution is 5.93. The fraction of sp³-hybridized carbons (Fsp3) is 0.818. The molecule has 17 heavy (non-hydrogen) atoms. The minimum atomic E-state index is -0.799. The van der Waals surface area contributed by atoms with E-state index in [1.54, 1.807) is 0 Å². The molecule has 0 bridgehead atoms. The van der Waals surface area contributed by atoms with Crippen LogP contribution in [0, 0.1) is 5.92 Å². The van der Waals surface area contributed by atoms with Crippen LogP contribution < -0.4 is 11.1 Å². The first-order valence-electron chi connectivity index (χ1n) is 6.04. The lowest BCUT2D eigenvalue weighted by Crippen LogP contribution is -2.40. The van der Waals surface area contributed by atoms with E-state index in [1.807, 2.05) is 0 Å². The largest absolute Gasteiger partial charge is 0.396 e. The van der Waals surface area contributed by atoms with E-state index in [-0.39, 0.29) is 18.9 Å². The molecule has 98 valence electrons. The average Bonchev–Trinajstić information content (AvgIpc) is 2.26. The lowest BCUT2D eigenvalue weighted by Gasteiger charge is -2.32. The van der Waals surface area contributed by atoms with Gasteiger partial charge in [-0.15, -0.1) is 0 Å². The summed E-state index contributed by atoms with van der Waals surface area (Å²) in [6.07, 6.45) is 3.35.